The number of carbonyl (C=O) groups excluding carboxylic acids is 3. The molecule has 1 aromatic heterocycles. The molecule has 0 unspecified atom stereocenters. The number of aromatic nitrogens is 1. The van der Waals surface area contributed by atoms with Gasteiger partial charge in [0.1, 0.15) is 12.2 Å². The fraction of sp³-hybridized carbons (Fsp3) is 0.176. The number of benzene rings is 1. The SMILES string of the molecule is NC(=O)CN1C(=O)[C@](O)(CC(=O)c2ccccn2)c2ccccc21. The van der Waals surface area contributed by atoms with E-state index >= 15 is 0 Å². The van der Waals surface area contributed by atoms with Crippen molar-refractivity contribution in [1.29, 1.82) is 0 Å². The molecule has 3 rings (SSSR count). The van der Waals surface area contributed by atoms with Crippen LogP contribution in [0.15, 0.2) is 48.7 Å². The summed E-state index contributed by atoms with van der Waals surface area (Å²) in [6.45, 7) is -0.365. The van der Waals surface area contributed by atoms with Crippen LogP contribution in [0.25, 0.3) is 0 Å². The highest BCUT2D eigenvalue weighted by Gasteiger charge is 2.51. The molecule has 0 radical (unpaired) electrons. The van der Waals surface area contributed by atoms with Gasteiger partial charge >= 0.3 is 0 Å². The summed E-state index contributed by atoms with van der Waals surface area (Å²) >= 11 is 0. The van der Waals surface area contributed by atoms with Gasteiger partial charge in [-0.25, -0.2) is 0 Å². The quantitative estimate of drug-likeness (QED) is 0.771. The number of hydrogen-bond donors (Lipinski definition) is 2. The molecule has 2 aromatic rings. The fourth-order valence-electron chi connectivity index (χ4n) is 2.84. The van der Waals surface area contributed by atoms with Gasteiger partial charge in [0.25, 0.3) is 5.91 Å². The molecule has 0 bridgehead atoms. The van der Waals surface area contributed by atoms with Gasteiger partial charge in [0.05, 0.1) is 12.1 Å². The van der Waals surface area contributed by atoms with Crippen LogP contribution >= 0.6 is 0 Å². The number of nitrogens with two attached hydrogens (primary N) is 1. The first-order chi connectivity index (χ1) is 11.4. The molecule has 1 atom stereocenters. The maximum absolute atomic E-state index is 12.7. The highest BCUT2D eigenvalue weighted by atomic mass is 16.3. The lowest BCUT2D eigenvalue weighted by atomic mass is 9.89. The summed E-state index contributed by atoms with van der Waals surface area (Å²) in [6, 6.07) is 11.3. The second-order valence-corrected chi connectivity index (χ2v) is 5.55. The van der Waals surface area contributed by atoms with E-state index in [1.54, 1.807) is 36.4 Å². The first-order valence-corrected chi connectivity index (χ1v) is 7.30. The first-order valence-electron chi connectivity index (χ1n) is 7.30. The number of fused-ring (bicyclic) bond motifs is 1. The first kappa shape index (κ1) is 15.8. The van der Waals surface area contributed by atoms with Crippen LogP contribution in [0.2, 0.25) is 0 Å². The average molecular weight is 325 g/mol. The number of amides is 2. The summed E-state index contributed by atoms with van der Waals surface area (Å²) in [5, 5.41) is 10.9. The summed E-state index contributed by atoms with van der Waals surface area (Å²) in [5.74, 6) is -1.92. The van der Waals surface area contributed by atoms with E-state index in [1.165, 1.54) is 12.3 Å². The number of aliphatic hydroxyl groups is 1. The van der Waals surface area contributed by atoms with E-state index < -0.39 is 29.6 Å². The summed E-state index contributed by atoms with van der Waals surface area (Å²) in [7, 11) is 0. The third-order valence-electron chi connectivity index (χ3n) is 3.92. The van der Waals surface area contributed by atoms with Gasteiger partial charge in [-0.3, -0.25) is 24.3 Å². The number of pyridine rings is 1. The maximum atomic E-state index is 12.7. The lowest BCUT2D eigenvalue weighted by Crippen LogP contribution is -2.44. The van der Waals surface area contributed by atoms with Crippen molar-refractivity contribution in [2.75, 3.05) is 11.4 Å². The summed E-state index contributed by atoms with van der Waals surface area (Å²) in [6.07, 6.45) is 0.996. The van der Waals surface area contributed by atoms with Crippen LogP contribution < -0.4 is 10.6 Å². The molecule has 0 saturated carbocycles. The van der Waals surface area contributed by atoms with E-state index in [9.17, 15) is 19.5 Å². The lowest BCUT2D eigenvalue weighted by Gasteiger charge is -2.21. The van der Waals surface area contributed by atoms with E-state index in [2.05, 4.69) is 4.98 Å². The summed E-state index contributed by atoms with van der Waals surface area (Å²) < 4.78 is 0. The largest absolute Gasteiger partial charge is 0.375 e. The zero-order valence-corrected chi connectivity index (χ0v) is 12.7. The summed E-state index contributed by atoms with van der Waals surface area (Å²) in [5.41, 5.74) is 3.95. The Morgan fingerprint density at radius 1 is 1.17 bits per heavy atom. The van der Waals surface area contributed by atoms with Crippen molar-refractivity contribution in [3.8, 4) is 0 Å². The third kappa shape index (κ3) is 2.55. The van der Waals surface area contributed by atoms with Crippen molar-refractivity contribution < 1.29 is 19.5 Å². The van der Waals surface area contributed by atoms with E-state index in [1.807, 2.05) is 0 Å². The number of hydrogen-bond acceptors (Lipinski definition) is 5. The standard InChI is InChI=1S/C17H15N3O4/c18-15(22)10-20-13-7-2-1-5-11(13)17(24,16(20)23)9-14(21)12-6-3-4-8-19-12/h1-8,24H,9-10H2,(H2,18,22)/t17-/m0/s1. The van der Waals surface area contributed by atoms with Crippen molar-refractivity contribution in [3.63, 3.8) is 0 Å². The van der Waals surface area contributed by atoms with Gasteiger partial charge in [-0.1, -0.05) is 24.3 Å². The Labute approximate surface area is 137 Å². The molecule has 3 N–H and O–H groups in total. The number of anilines is 1. The lowest BCUT2D eigenvalue weighted by molar-refractivity contribution is -0.136. The maximum Gasteiger partial charge on any atom is 0.264 e. The molecule has 1 aliphatic rings. The molecular formula is C17H15N3O4. The minimum Gasteiger partial charge on any atom is -0.375 e. The zero-order valence-electron chi connectivity index (χ0n) is 12.7. The Kier molecular flexibility index (Phi) is 3.86. The number of para-hydroxylation sites is 1. The molecule has 0 fully saturated rings. The molecule has 7 heteroatoms. The second kappa shape index (κ2) is 5.86. The van der Waals surface area contributed by atoms with Crippen molar-refractivity contribution in [2.45, 2.75) is 12.0 Å². The Morgan fingerprint density at radius 2 is 1.88 bits per heavy atom. The van der Waals surface area contributed by atoms with Crippen LogP contribution in [0, 0.1) is 0 Å². The van der Waals surface area contributed by atoms with Crippen molar-refractivity contribution in [2.24, 2.45) is 5.73 Å². The second-order valence-electron chi connectivity index (χ2n) is 5.55. The highest BCUT2D eigenvalue weighted by Crippen LogP contribution is 2.42. The van der Waals surface area contributed by atoms with Gasteiger partial charge in [0.15, 0.2) is 11.4 Å². The monoisotopic (exact) mass is 325 g/mol. The predicted molar refractivity (Wildman–Crippen MR) is 85.1 cm³/mol. The average Bonchev–Trinajstić information content (AvgIpc) is 2.78. The van der Waals surface area contributed by atoms with Gasteiger partial charge in [0, 0.05) is 11.8 Å². The Bertz CT molecular complexity index is 822. The van der Waals surface area contributed by atoms with Crippen molar-refractivity contribution >= 4 is 23.3 Å². The minimum atomic E-state index is -2.04. The highest BCUT2D eigenvalue weighted by molar-refractivity contribution is 6.12. The molecule has 2 heterocycles. The molecule has 1 aliphatic heterocycles. The van der Waals surface area contributed by atoms with Gasteiger partial charge in [-0.05, 0) is 18.2 Å². The predicted octanol–water partition coefficient (Wildman–Crippen LogP) is 0.374. The van der Waals surface area contributed by atoms with E-state index in [4.69, 9.17) is 5.73 Å². The number of Topliss-reactive ketones (excluding diaryl/α,β-unsaturated/α-hetero) is 1. The molecule has 122 valence electrons. The van der Waals surface area contributed by atoms with Gasteiger partial charge in [-0.2, -0.15) is 0 Å². The van der Waals surface area contributed by atoms with Crippen LogP contribution in [0.4, 0.5) is 5.69 Å². The smallest absolute Gasteiger partial charge is 0.264 e. The normalized spacial score (nSPS) is 19.2. The van der Waals surface area contributed by atoms with Crippen LogP contribution in [0.1, 0.15) is 22.5 Å². The van der Waals surface area contributed by atoms with Crippen LogP contribution in [-0.4, -0.2) is 34.2 Å². The van der Waals surface area contributed by atoms with Crippen molar-refractivity contribution in [3.05, 3.63) is 59.9 Å². The topological polar surface area (TPSA) is 114 Å². The van der Waals surface area contributed by atoms with Gasteiger partial charge in [0.2, 0.25) is 5.91 Å². The molecule has 0 saturated heterocycles. The van der Waals surface area contributed by atoms with Crippen LogP contribution in [0.5, 0.6) is 0 Å². The summed E-state index contributed by atoms with van der Waals surface area (Å²) in [4.78, 5) is 41.4. The number of rotatable bonds is 5. The Morgan fingerprint density at radius 3 is 2.54 bits per heavy atom. The minimum absolute atomic E-state index is 0.157. The van der Waals surface area contributed by atoms with E-state index in [0.29, 0.717) is 5.69 Å². The molecule has 1 aromatic carbocycles. The van der Waals surface area contributed by atoms with Crippen LogP contribution in [-0.2, 0) is 15.2 Å². The van der Waals surface area contributed by atoms with Crippen molar-refractivity contribution in [1.82, 2.24) is 4.98 Å². The zero-order chi connectivity index (χ0) is 17.3. The molecule has 7 nitrogen and oxygen atoms in total. The number of nitrogens with zero attached hydrogens (tertiary/aromatic N) is 2. The Balaban J connectivity index is 1.98. The van der Waals surface area contributed by atoms with Crippen LogP contribution in [0.3, 0.4) is 0 Å². The van der Waals surface area contributed by atoms with Gasteiger partial charge in [-0.15, -0.1) is 0 Å². The number of ketones is 1. The molecular weight excluding hydrogens is 310 g/mol. The molecule has 24 heavy (non-hydrogen) atoms. The fourth-order valence-corrected chi connectivity index (χ4v) is 2.84. The van der Waals surface area contributed by atoms with E-state index in [-0.39, 0.29) is 17.8 Å². The third-order valence-corrected chi connectivity index (χ3v) is 3.92. The molecule has 2 amide bonds. The Hall–Kier alpha value is -3.06. The molecule has 0 spiro atoms. The molecule has 0 aliphatic carbocycles. The number of primary amides is 1. The van der Waals surface area contributed by atoms with E-state index in [0.717, 1.165) is 4.90 Å². The van der Waals surface area contributed by atoms with Gasteiger partial charge < -0.3 is 10.8 Å². The number of carbonyl (C=O) groups is 3.